The molecule has 2 fully saturated rings. The van der Waals surface area contributed by atoms with Gasteiger partial charge in [0.05, 0.1) is 24.9 Å². The lowest BCUT2D eigenvalue weighted by molar-refractivity contribution is -0.156. The van der Waals surface area contributed by atoms with E-state index in [9.17, 15) is 19.2 Å². The normalized spacial score (nSPS) is 24.1. The number of allylic oxidation sites excluding steroid dienone is 1. The second-order valence-electron chi connectivity index (χ2n) is 8.40. The highest BCUT2D eigenvalue weighted by Gasteiger charge is 2.46. The number of carbonyl (C=O) groups is 4. The van der Waals surface area contributed by atoms with Crippen molar-refractivity contribution < 1.29 is 23.9 Å². The quantitative estimate of drug-likeness (QED) is 0.418. The number of likely N-dealkylation sites (tertiary alicyclic amines) is 2. The van der Waals surface area contributed by atoms with Crippen LogP contribution in [0.5, 0.6) is 0 Å². The molecular weight excluding hydrogens is 398 g/mol. The number of Topliss-reactive ketones (excluding diaryl/α,β-unsaturated/α-hetero) is 1. The van der Waals surface area contributed by atoms with E-state index in [2.05, 4.69) is 6.58 Å². The summed E-state index contributed by atoms with van der Waals surface area (Å²) in [6.45, 7) is 5.98. The van der Waals surface area contributed by atoms with Gasteiger partial charge in [-0.05, 0) is 61.7 Å². The van der Waals surface area contributed by atoms with Crippen LogP contribution in [-0.4, -0.2) is 66.2 Å². The second kappa shape index (κ2) is 8.63. The smallest absolute Gasteiger partial charge is 0.320 e. The van der Waals surface area contributed by atoms with Gasteiger partial charge in [-0.1, -0.05) is 6.58 Å². The molecule has 2 amide bonds. The Morgan fingerprint density at radius 2 is 1.90 bits per heavy atom. The van der Waals surface area contributed by atoms with Crippen molar-refractivity contribution in [3.63, 3.8) is 0 Å². The largest absolute Gasteiger partial charge is 0.463 e. The molecule has 0 bridgehead atoms. The first-order valence-electron chi connectivity index (χ1n) is 10.7. The van der Waals surface area contributed by atoms with Crippen LogP contribution >= 0.6 is 0 Å². The lowest BCUT2D eigenvalue weighted by Gasteiger charge is -2.33. The van der Waals surface area contributed by atoms with Crippen LogP contribution in [0, 0.1) is 11.8 Å². The van der Waals surface area contributed by atoms with Gasteiger partial charge in [-0.3, -0.25) is 29.0 Å². The number of rotatable bonds is 6. The van der Waals surface area contributed by atoms with E-state index in [1.165, 1.54) is 0 Å². The van der Waals surface area contributed by atoms with Gasteiger partial charge in [0, 0.05) is 17.7 Å². The minimum absolute atomic E-state index is 0.00676. The number of fused-ring (bicyclic) bond motifs is 1. The summed E-state index contributed by atoms with van der Waals surface area (Å²) in [7, 11) is 0. The van der Waals surface area contributed by atoms with Crippen LogP contribution in [0.25, 0.3) is 5.57 Å². The second-order valence-corrected chi connectivity index (χ2v) is 8.40. The molecule has 2 unspecified atom stereocenters. The number of nitrogens with two attached hydrogens (primary N) is 1. The maximum atomic E-state index is 13.1. The van der Waals surface area contributed by atoms with E-state index in [1.54, 1.807) is 18.2 Å². The van der Waals surface area contributed by atoms with E-state index in [-0.39, 0.29) is 43.8 Å². The molecule has 1 aromatic rings. The zero-order valence-electron chi connectivity index (χ0n) is 17.5. The number of hydrogen-bond acceptors (Lipinski definition) is 7. The average Bonchev–Trinajstić information content (AvgIpc) is 3.32. The molecule has 31 heavy (non-hydrogen) atoms. The van der Waals surface area contributed by atoms with Gasteiger partial charge >= 0.3 is 5.97 Å². The fraction of sp³-hybridized carbons (Fsp3) is 0.478. The standard InChI is InChI=1S/C23H27N3O5/c1-14-18-12-15(24)4-5-16(18)22(29)21(14)17-6-7-19(27)26(23(17)30)10-11-31-20(28)13-25-8-2-3-9-25/h4-5,12,17,21H,1-3,6-11,13,24H2. The predicted molar refractivity (Wildman–Crippen MR) is 114 cm³/mol. The third kappa shape index (κ3) is 4.12. The number of ketones is 1. The van der Waals surface area contributed by atoms with Crippen LogP contribution in [0.15, 0.2) is 24.8 Å². The summed E-state index contributed by atoms with van der Waals surface area (Å²) in [5.41, 5.74) is 8.11. The van der Waals surface area contributed by atoms with Crippen LogP contribution in [0.3, 0.4) is 0 Å². The third-order valence-electron chi connectivity index (χ3n) is 6.40. The van der Waals surface area contributed by atoms with E-state index < -0.39 is 17.7 Å². The van der Waals surface area contributed by atoms with Crippen LogP contribution < -0.4 is 5.73 Å². The fourth-order valence-corrected chi connectivity index (χ4v) is 4.79. The first kappa shape index (κ1) is 21.2. The van der Waals surface area contributed by atoms with Crippen LogP contribution in [0.2, 0.25) is 0 Å². The Kier molecular flexibility index (Phi) is 5.91. The lowest BCUT2D eigenvalue weighted by Crippen LogP contribution is -2.49. The SMILES string of the molecule is C=C1c2cc(N)ccc2C(=O)C1C1CCC(=O)N(CCOC(=O)CN2CCCC2)C1=O. The van der Waals surface area contributed by atoms with Crippen molar-refractivity contribution >= 4 is 34.8 Å². The number of carbonyl (C=O) groups excluding carboxylic acids is 4. The summed E-state index contributed by atoms with van der Waals surface area (Å²) in [5, 5.41) is 0. The number of amides is 2. The van der Waals surface area contributed by atoms with Gasteiger partial charge in [0.2, 0.25) is 11.8 Å². The van der Waals surface area contributed by atoms with E-state index in [1.807, 2.05) is 4.90 Å². The summed E-state index contributed by atoms with van der Waals surface area (Å²) >= 11 is 0. The number of nitrogen functional groups attached to an aromatic ring is 1. The van der Waals surface area contributed by atoms with Crippen molar-refractivity contribution in [2.45, 2.75) is 25.7 Å². The number of ether oxygens (including phenoxy) is 1. The molecule has 0 radical (unpaired) electrons. The Labute approximate surface area is 181 Å². The molecule has 0 spiro atoms. The number of hydrogen-bond donors (Lipinski definition) is 1. The van der Waals surface area contributed by atoms with E-state index >= 15 is 0 Å². The molecule has 1 aliphatic carbocycles. The first-order chi connectivity index (χ1) is 14.9. The van der Waals surface area contributed by atoms with Gasteiger partial charge in [0.15, 0.2) is 5.78 Å². The molecule has 4 rings (SSSR count). The summed E-state index contributed by atoms with van der Waals surface area (Å²) in [6, 6.07) is 5.02. The maximum absolute atomic E-state index is 13.1. The fourth-order valence-electron chi connectivity index (χ4n) is 4.79. The molecule has 2 aliphatic heterocycles. The molecule has 1 aromatic carbocycles. The zero-order chi connectivity index (χ0) is 22.1. The molecule has 164 valence electrons. The molecule has 3 aliphatic rings. The number of benzene rings is 1. The van der Waals surface area contributed by atoms with Gasteiger partial charge in [-0.15, -0.1) is 0 Å². The van der Waals surface area contributed by atoms with Crippen molar-refractivity contribution in [1.82, 2.24) is 9.80 Å². The molecule has 8 heteroatoms. The van der Waals surface area contributed by atoms with E-state index in [4.69, 9.17) is 10.5 Å². The number of nitrogens with zero attached hydrogens (tertiary/aromatic N) is 2. The maximum Gasteiger partial charge on any atom is 0.320 e. The molecule has 8 nitrogen and oxygen atoms in total. The van der Waals surface area contributed by atoms with Gasteiger partial charge in [0.25, 0.3) is 0 Å². The van der Waals surface area contributed by atoms with Crippen molar-refractivity contribution in [3.05, 3.63) is 35.9 Å². The minimum atomic E-state index is -0.697. The molecule has 0 saturated carbocycles. The van der Waals surface area contributed by atoms with Crippen LogP contribution in [0.1, 0.15) is 41.6 Å². The molecule has 2 atom stereocenters. The van der Waals surface area contributed by atoms with Crippen molar-refractivity contribution in [3.8, 4) is 0 Å². The topological polar surface area (TPSA) is 110 Å². The summed E-state index contributed by atoms with van der Waals surface area (Å²) in [4.78, 5) is 53.6. The minimum Gasteiger partial charge on any atom is -0.463 e. The molecule has 2 saturated heterocycles. The van der Waals surface area contributed by atoms with Crippen LogP contribution in [0.4, 0.5) is 5.69 Å². The Morgan fingerprint density at radius 3 is 2.65 bits per heavy atom. The molecule has 0 aromatic heterocycles. The molecular formula is C23H27N3O5. The highest BCUT2D eigenvalue weighted by atomic mass is 16.5. The Bertz CT molecular complexity index is 951. The Balaban J connectivity index is 1.39. The Morgan fingerprint density at radius 1 is 1.16 bits per heavy atom. The average molecular weight is 425 g/mol. The highest BCUT2D eigenvalue weighted by molar-refractivity contribution is 6.16. The highest BCUT2D eigenvalue weighted by Crippen LogP contribution is 2.43. The van der Waals surface area contributed by atoms with Crippen LogP contribution in [-0.2, 0) is 19.1 Å². The van der Waals surface area contributed by atoms with Gasteiger partial charge < -0.3 is 10.5 Å². The molecule has 2 heterocycles. The third-order valence-corrected chi connectivity index (χ3v) is 6.40. The summed E-state index contributed by atoms with van der Waals surface area (Å²) in [5.74, 6) is -2.60. The van der Waals surface area contributed by atoms with Gasteiger partial charge in [-0.2, -0.15) is 0 Å². The summed E-state index contributed by atoms with van der Waals surface area (Å²) < 4.78 is 5.25. The van der Waals surface area contributed by atoms with Crippen molar-refractivity contribution in [2.75, 3.05) is 38.5 Å². The number of anilines is 1. The lowest BCUT2D eigenvalue weighted by atomic mass is 9.80. The number of piperidine rings is 1. The number of imide groups is 1. The van der Waals surface area contributed by atoms with Gasteiger partial charge in [0.1, 0.15) is 6.61 Å². The van der Waals surface area contributed by atoms with Gasteiger partial charge in [-0.25, -0.2) is 0 Å². The van der Waals surface area contributed by atoms with E-state index in [0.29, 0.717) is 28.8 Å². The van der Waals surface area contributed by atoms with E-state index in [0.717, 1.165) is 30.8 Å². The summed E-state index contributed by atoms with van der Waals surface area (Å²) in [6.07, 6.45) is 2.61. The number of esters is 1. The monoisotopic (exact) mass is 425 g/mol. The zero-order valence-corrected chi connectivity index (χ0v) is 17.5. The first-order valence-corrected chi connectivity index (χ1v) is 10.7. The van der Waals surface area contributed by atoms with Crippen molar-refractivity contribution in [1.29, 1.82) is 0 Å². The van der Waals surface area contributed by atoms with Crippen molar-refractivity contribution in [2.24, 2.45) is 11.8 Å². The Hall–Kier alpha value is -3.00. The predicted octanol–water partition coefficient (Wildman–Crippen LogP) is 1.50. The molecule has 2 N–H and O–H groups in total.